The predicted octanol–water partition coefficient (Wildman–Crippen LogP) is 4.42. The molecule has 0 bridgehead atoms. The highest BCUT2D eigenvalue weighted by molar-refractivity contribution is 6.31. The van der Waals surface area contributed by atoms with Crippen LogP contribution in [0.2, 0.25) is 5.02 Å². The van der Waals surface area contributed by atoms with Crippen molar-refractivity contribution in [2.45, 2.75) is 0 Å². The van der Waals surface area contributed by atoms with Crippen molar-refractivity contribution in [1.29, 1.82) is 0 Å². The van der Waals surface area contributed by atoms with E-state index >= 15 is 0 Å². The fourth-order valence-corrected chi connectivity index (χ4v) is 2.47. The molecule has 0 aliphatic carbocycles. The first-order valence-electron chi connectivity index (χ1n) is 6.87. The molecule has 0 saturated heterocycles. The SMILES string of the molecule is O=C(O)c1ccc(/C=C/C(=O)c2c[nH]c3cc(Cl)ccc23)cc1. The Morgan fingerprint density at radius 3 is 2.52 bits per heavy atom. The van der Waals surface area contributed by atoms with Gasteiger partial charge in [0.25, 0.3) is 0 Å². The minimum Gasteiger partial charge on any atom is -0.478 e. The van der Waals surface area contributed by atoms with Gasteiger partial charge < -0.3 is 10.1 Å². The number of aromatic carboxylic acids is 1. The fourth-order valence-electron chi connectivity index (χ4n) is 2.30. The van der Waals surface area contributed by atoms with Gasteiger partial charge in [-0.3, -0.25) is 4.79 Å². The molecular formula is C18H12ClNO3. The van der Waals surface area contributed by atoms with E-state index in [0.29, 0.717) is 10.6 Å². The third-order valence-corrected chi connectivity index (χ3v) is 3.73. The summed E-state index contributed by atoms with van der Waals surface area (Å²) in [4.78, 5) is 26.1. The molecular weight excluding hydrogens is 314 g/mol. The Bertz CT molecular complexity index is 923. The average molecular weight is 326 g/mol. The molecule has 2 N–H and O–H groups in total. The molecule has 0 fully saturated rings. The molecule has 1 heterocycles. The van der Waals surface area contributed by atoms with Crippen LogP contribution >= 0.6 is 11.6 Å². The van der Waals surface area contributed by atoms with Gasteiger partial charge in [-0.25, -0.2) is 4.79 Å². The first-order valence-corrected chi connectivity index (χ1v) is 7.25. The number of H-pyrrole nitrogens is 1. The molecule has 0 aliphatic heterocycles. The van der Waals surface area contributed by atoms with Gasteiger partial charge >= 0.3 is 5.97 Å². The lowest BCUT2D eigenvalue weighted by molar-refractivity contribution is 0.0696. The first kappa shape index (κ1) is 15.1. The summed E-state index contributed by atoms with van der Waals surface area (Å²) in [7, 11) is 0. The molecule has 5 heteroatoms. The number of aromatic nitrogens is 1. The molecule has 23 heavy (non-hydrogen) atoms. The Morgan fingerprint density at radius 2 is 1.83 bits per heavy atom. The molecule has 2 aromatic carbocycles. The van der Waals surface area contributed by atoms with Crippen LogP contribution in [0.3, 0.4) is 0 Å². The second kappa shape index (κ2) is 6.10. The van der Waals surface area contributed by atoms with Crippen LogP contribution in [0.5, 0.6) is 0 Å². The molecule has 0 saturated carbocycles. The number of allylic oxidation sites excluding steroid dienone is 1. The van der Waals surface area contributed by atoms with Crippen molar-refractivity contribution in [3.63, 3.8) is 0 Å². The van der Waals surface area contributed by atoms with Gasteiger partial charge in [-0.1, -0.05) is 35.9 Å². The van der Waals surface area contributed by atoms with E-state index in [0.717, 1.165) is 16.5 Å². The maximum Gasteiger partial charge on any atom is 0.335 e. The Kier molecular flexibility index (Phi) is 4.00. The van der Waals surface area contributed by atoms with Crippen LogP contribution in [0.25, 0.3) is 17.0 Å². The lowest BCUT2D eigenvalue weighted by Crippen LogP contribution is -1.95. The molecule has 0 radical (unpaired) electrons. The Hall–Kier alpha value is -2.85. The topological polar surface area (TPSA) is 70.2 Å². The van der Waals surface area contributed by atoms with Crippen LogP contribution in [-0.4, -0.2) is 21.8 Å². The van der Waals surface area contributed by atoms with Gasteiger partial charge in [0, 0.05) is 27.7 Å². The van der Waals surface area contributed by atoms with Crippen molar-refractivity contribution < 1.29 is 14.7 Å². The minimum atomic E-state index is -0.978. The van der Waals surface area contributed by atoms with Crippen LogP contribution in [0.15, 0.2) is 54.7 Å². The van der Waals surface area contributed by atoms with E-state index in [9.17, 15) is 9.59 Å². The second-order valence-corrected chi connectivity index (χ2v) is 5.45. The molecule has 0 atom stereocenters. The number of carbonyl (C=O) groups is 2. The van der Waals surface area contributed by atoms with Crippen molar-refractivity contribution in [1.82, 2.24) is 4.98 Å². The van der Waals surface area contributed by atoms with Gasteiger partial charge in [-0.2, -0.15) is 0 Å². The summed E-state index contributed by atoms with van der Waals surface area (Å²) in [6.07, 6.45) is 4.77. The number of carbonyl (C=O) groups excluding carboxylic acids is 1. The zero-order chi connectivity index (χ0) is 16.4. The van der Waals surface area contributed by atoms with Crippen LogP contribution in [0.4, 0.5) is 0 Å². The first-order chi connectivity index (χ1) is 11.0. The largest absolute Gasteiger partial charge is 0.478 e. The molecule has 114 valence electrons. The third kappa shape index (κ3) is 3.17. The van der Waals surface area contributed by atoms with Gasteiger partial charge in [0.05, 0.1) is 5.56 Å². The zero-order valence-electron chi connectivity index (χ0n) is 11.9. The number of carboxylic acids is 1. The predicted molar refractivity (Wildman–Crippen MR) is 90.1 cm³/mol. The zero-order valence-corrected chi connectivity index (χ0v) is 12.7. The quantitative estimate of drug-likeness (QED) is 0.551. The summed E-state index contributed by atoms with van der Waals surface area (Å²) in [6.45, 7) is 0. The standard InChI is InChI=1S/C18H12ClNO3/c19-13-6-7-14-15(10-20-16(14)9-13)17(21)8-3-11-1-4-12(5-2-11)18(22)23/h1-10,20H,(H,22,23)/b8-3+. The number of nitrogens with one attached hydrogen (secondary N) is 1. The van der Waals surface area contributed by atoms with Gasteiger partial charge in [0.2, 0.25) is 0 Å². The number of rotatable bonds is 4. The number of carboxylic acid groups (broad SMARTS) is 1. The average Bonchev–Trinajstić information content (AvgIpc) is 2.96. The van der Waals surface area contributed by atoms with E-state index in [4.69, 9.17) is 16.7 Å². The third-order valence-electron chi connectivity index (χ3n) is 3.49. The van der Waals surface area contributed by atoms with Crippen LogP contribution in [0.1, 0.15) is 26.3 Å². The molecule has 3 rings (SSSR count). The van der Waals surface area contributed by atoms with Crippen molar-refractivity contribution in [3.05, 3.63) is 76.5 Å². The van der Waals surface area contributed by atoms with Crippen LogP contribution in [0, 0.1) is 0 Å². The van der Waals surface area contributed by atoms with E-state index < -0.39 is 5.97 Å². The summed E-state index contributed by atoms with van der Waals surface area (Å²) in [5, 5.41) is 10.3. The van der Waals surface area contributed by atoms with E-state index in [1.807, 2.05) is 0 Å². The fraction of sp³-hybridized carbons (Fsp3) is 0. The highest BCUT2D eigenvalue weighted by Gasteiger charge is 2.09. The second-order valence-electron chi connectivity index (χ2n) is 5.02. The number of hydrogen-bond acceptors (Lipinski definition) is 2. The number of benzene rings is 2. The van der Waals surface area contributed by atoms with Crippen molar-refractivity contribution in [2.75, 3.05) is 0 Å². The van der Waals surface area contributed by atoms with Gasteiger partial charge in [-0.15, -0.1) is 0 Å². The summed E-state index contributed by atoms with van der Waals surface area (Å²) >= 11 is 5.92. The molecule has 4 nitrogen and oxygen atoms in total. The molecule has 0 aliphatic rings. The van der Waals surface area contributed by atoms with Gasteiger partial charge in [-0.05, 0) is 35.9 Å². The Balaban J connectivity index is 1.83. The van der Waals surface area contributed by atoms with Crippen LogP contribution in [-0.2, 0) is 0 Å². The summed E-state index contributed by atoms with van der Waals surface area (Å²) in [5.41, 5.74) is 2.34. The Labute approximate surface area is 137 Å². The monoisotopic (exact) mass is 325 g/mol. The van der Waals surface area contributed by atoms with Crippen LogP contribution < -0.4 is 0 Å². The normalized spacial score (nSPS) is 11.2. The number of aromatic amines is 1. The Morgan fingerprint density at radius 1 is 1.09 bits per heavy atom. The highest BCUT2D eigenvalue weighted by Crippen LogP contribution is 2.22. The molecule has 0 spiro atoms. The lowest BCUT2D eigenvalue weighted by Gasteiger charge is -1.97. The summed E-state index contributed by atoms with van der Waals surface area (Å²) < 4.78 is 0. The highest BCUT2D eigenvalue weighted by atomic mass is 35.5. The molecule has 1 aromatic heterocycles. The number of halogens is 1. The van der Waals surface area contributed by atoms with E-state index in [-0.39, 0.29) is 11.3 Å². The molecule has 0 amide bonds. The maximum atomic E-state index is 12.3. The van der Waals surface area contributed by atoms with Gasteiger partial charge in [0.15, 0.2) is 5.78 Å². The number of hydrogen-bond donors (Lipinski definition) is 2. The van der Waals surface area contributed by atoms with E-state index in [2.05, 4.69) is 4.98 Å². The van der Waals surface area contributed by atoms with Gasteiger partial charge in [0.1, 0.15) is 0 Å². The number of fused-ring (bicyclic) bond motifs is 1. The van der Waals surface area contributed by atoms with Crippen molar-refractivity contribution in [3.8, 4) is 0 Å². The maximum absolute atomic E-state index is 12.3. The van der Waals surface area contributed by atoms with E-state index in [1.54, 1.807) is 42.6 Å². The number of ketones is 1. The molecule has 3 aromatic rings. The van der Waals surface area contributed by atoms with E-state index in [1.165, 1.54) is 18.2 Å². The molecule has 0 unspecified atom stereocenters. The summed E-state index contributed by atoms with van der Waals surface area (Å²) in [5.74, 6) is -1.12. The smallest absolute Gasteiger partial charge is 0.335 e. The summed E-state index contributed by atoms with van der Waals surface area (Å²) in [6, 6.07) is 11.6. The van der Waals surface area contributed by atoms with Crippen molar-refractivity contribution in [2.24, 2.45) is 0 Å². The minimum absolute atomic E-state index is 0.138. The lowest BCUT2D eigenvalue weighted by atomic mass is 10.1. The van der Waals surface area contributed by atoms with Crippen molar-refractivity contribution >= 4 is 40.3 Å².